The summed E-state index contributed by atoms with van der Waals surface area (Å²) in [6, 6.07) is 10.4. The van der Waals surface area contributed by atoms with E-state index in [9.17, 15) is 4.79 Å². The Morgan fingerprint density at radius 1 is 1.33 bits per heavy atom. The topological polar surface area (TPSA) is 55.6 Å². The van der Waals surface area contributed by atoms with Crippen LogP contribution in [0.2, 0.25) is 0 Å². The fraction of sp³-hybridized carbons (Fsp3) is 0.421. The standard InChI is InChI=1S/C19H24N2O2S/c1-12-10-15(20)8-9-21(12)19(22)18-11-17(13(2)24-18)14-4-6-16(23-3)7-5-14/h4-7,11-12,15H,8-10,20H2,1-3H3/t12-,15-/m1/s1. The number of carbonyl (C=O) groups excluding carboxylic acids is 1. The Kier molecular flexibility index (Phi) is 4.92. The molecule has 1 aromatic heterocycles. The fourth-order valence-electron chi connectivity index (χ4n) is 3.30. The van der Waals surface area contributed by atoms with E-state index in [2.05, 4.69) is 13.8 Å². The maximum atomic E-state index is 12.9. The third-order valence-electron chi connectivity index (χ3n) is 4.71. The van der Waals surface area contributed by atoms with E-state index in [1.54, 1.807) is 18.4 Å². The highest BCUT2D eigenvalue weighted by molar-refractivity contribution is 7.14. The molecule has 2 N–H and O–H groups in total. The van der Waals surface area contributed by atoms with E-state index < -0.39 is 0 Å². The fourth-order valence-corrected chi connectivity index (χ4v) is 4.29. The number of amides is 1. The molecule has 0 radical (unpaired) electrons. The van der Waals surface area contributed by atoms with Gasteiger partial charge in [-0.15, -0.1) is 11.3 Å². The average Bonchev–Trinajstić information content (AvgIpc) is 2.96. The first kappa shape index (κ1) is 17.0. The van der Waals surface area contributed by atoms with Gasteiger partial charge in [0.15, 0.2) is 0 Å². The van der Waals surface area contributed by atoms with E-state index in [-0.39, 0.29) is 18.0 Å². The third kappa shape index (κ3) is 3.32. The molecule has 3 rings (SSSR count). The van der Waals surface area contributed by atoms with Gasteiger partial charge in [0.1, 0.15) is 5.75 Å². The first-order valence-electron chi connectivity index (χ1n) is 8.31. The molecule has 4 nitrogen and oxygen atoms in total. The smallest absolute Gasteiger partial charge is 0.264 e. The van der Waals surface area contributed by atoms with Crippen LogP contribution in [0.5, 0.6) is 5.75 Å². The zero-order valence-electron chi connectivity index (χ0n) is 14.4. The van der Waals surface area contributed by atoms with Gasteiger partial charge in [-0.1, -0.05) is 12.1 Å². The molecule has 2 atom stereocenters. The second kappa shape index (κ2) is 6.95. The number of carbonyl (C=O) groups is 1. The first-order valence-corrected chi connectivity index (χ1v) is 9.12. The van der Waals surface area contributed by atoms with E-state index in [1.165, 1.54) is 0 Å². The first-order chi connectivity index (χ1) is 11.5. The predicted molar refractivity (Wildman–Crippen MR) is 98.8 cm³/mol. The summed E-state index contributed by atoms with van der Waals surface area (Å²) in [4.78, 5) is 16.8. The minimum absolute atomic E-state index is 0.127. The van der Waals surface area contributed by atoms with Gasteiger partial charge in [-0.25, -0.2) is 0 Å². The summed E-state index contributed by atoms with van der Waals surface area (Å²) >= 11 is 1.57. The zero-order chi connectivity index (χ0) is 17.3. The van der Waals surface area contributed by atoms with Gasteiger partial charge in [0.2, 0.25) is 0 Å². The van der Waals surface area contributed by atoms with Crippen LogP contribution < -0.4 is 10.5 Å². The van der Waals surface area contributed by atoms with Gasteiger partial charge >= 0.3 is 0 Å². The van der Waals surface area contributed by atoms with E-state index in [1.807, 2.05) is 35.2 Å². The summed E-state index contributed by atoms with van der Waals surface area (Å²) in [5.41, 5.74) is 8.24. The molecule has 1 saturated heterocycles. The lowest BCUT2D eigenvalue weighted by molar-refractivity contribution is 0.0624. The highest BCUT2D eigenvalue weighted by Gasteiger charge is 2.29. The van der Waals surface area contributed by atoms with Crippen molar-refractivity contribution in [1.29, 1.82) is 0 Å². The van der Waals surface area contributed by atoms with Crippen LogP contribution in [-0.2, 0) is 0 Å². The van der Waals surface area contributed by atoms with Crippen molar-refractivity contribution in [3.8, 4) is 16.9 Å². The van der Waals surface area contributed by atoms with Crippen LogP contribution in [0.15, 0.2) is 30.3 Å². The maximum Gasteiger partial charge on any atom is 0.264 e. The lowest BCUT2D eigenvalue weighted by Crippen LogP contribution is -2.48. The van der Waals surface area contributed by atoms with Gasteiger partial charge in [0.05, 0.1) is 12.0 Å². The summed E-state index contributed by atoms with van der Waals surface area (Å²) in [6.45, 7) is 4.90. The van der Waals surface area contributed by atoms with Gasteiger partial charge in [-0.3, -0.25) is 4.79 Å². The van der Waals surface area contributed by atoms with Gasteiger partial charge in [-0.2, -0.15) is 0 Å². The molecule has 5 heteroatoms. The van der Waals surface area contributed by atoms with Crippen molar-refractivity contribution in [3.63, 3.8) is 0 Å². The summed E-state index contributed by atoms with van der Waals surface area (Å²) in [7, 11) is 1.66. The lowest BCUT2D eigenvalue weighted by Gasteiger charge is -2.36. The number of methoxy groups -OCH3 is 1. The minimum atomic E-state index is 0.127. The van der Waals surface area contributed by atoms with Crippen LogP contribution in [0.1, 0.15) is 34.3 Å². The van der Waals surface area contributed by atoms with Crippen molar-refractivity contribution < 1.29 is 9.53 Å². The van der Waals surface area contributed by atoms with Gasteiger partial charge < -0.3 is 15.4 Å². The Morgan fingerprint density at radius 3 is 2.67 bits per heavy atom. The van der Waals surface area contributed by atoms with Crippen LogP contribution in [0.3, 0.4) is 0 Å². The lowest BCUT2D eigenvalue weighted by atomic mass is 9.99. The number of piperidine rings is 1. The highest BCUT2D eigenvalue weighted by atomic mass is 32.1. The number of nitrogens with two attached hydrogens (primary N) is 1. The number of benzene rings is 1. The quantitative estimate of drug-likeness (QED) is 0.924. The van der Waals surface area contributed by atoms with Gasteiger partial charge in [-0.05, 0) is 56.0 Å². The van der Waals surface area contributed by atoms with Crippen molar-refractivity contribution in [2.45, 2.75) is 38.8 Å². The van der Waals surface area contributed by atoms with Crippen LogP contribution in [0, 0.1) is 6.92 Å². The number of rotatable bonds is 3. The van der Waals surface area contributed by atoms with Crippen LogP contribution in [-0.4, -0.2) is 36.5 Å². The van der Waals surface area contributed by atoms with Crippen LogP contribution >= 0.6 is 11.3 Å². The molecule has 1 amide bonds. The summed E-state index contributed by atoms with van der Waals surface area (Å²) in [5, 5.41) is 0. The molecule has 1 aromatic carbocycles. The molecule has 2 heterocycles. The normalized spacial score (nSPS) is 20.9. The van der Waals surface area contributed by atoms with Crippen molar-refractivity contribution in [3.05, 3.63) is 40.1 Å². The van der Waals surface area contributed by atoms with Crippen molar-refractivity contribution in [1.82, 2.24) is 4.90 Å². The molecule has 0 spiro atoms. The monoisotopic (exact) mass is 344 g/mol. The SMILES string of the molecule is COc1ccc(-c2cc(C(=O)N3CC[C@@H](N)C[C@H]3C)sc2C)cc1. The van der Waals surface area contributed by atoms with E-state index in [4.69, 9.17) is 10.5 Å². The molecule has 1 aliphatic heterocycles. The second-order valence-corrected chi connectivity index (χ2v) is 7.70. The molecule has 2 aromatic rings. The number of thiophene rings is 1. The highest BCUT2D eigenvalue weighted by Crippen LogP contribution is 2.33. The molecule has 0 bridgehead atoms. The Bertz CT molecular complexity index is 723. The van der Waals surface area contributed by atoms with Crippen molar-refractivity contribution in [2.75, 3.05) is 13.7 Å². The molecule has 1 fully saturated rings. The number of hydrogen-bond donors (Lipinski definition) is 1. The Hall–Kier alpha value is -1.85. The minimum Gasteiger partial charge on any atom is -0.497 e. The number of hydrogen-bond acceptors (Lipinski definition) is 4. The molecule has 24 heavy (non-hydrogen) atoms. The van der Waals surface area contributed by atoms with Crippen molar-refractivity contribution >= 4 is 17.2 Å². The maximum absolute atomic E-state index is 12.9. The third-order valence-corrected chi connectivity index (χ3v) is 5.75. The van der Waals surface area contributed by atoms with Crippen LogP contribution in [0.4, 0.5) is 0 Å². The molecular weight excluding hydrogens is 320 g/mol. The van der Waals surface area contributed by atoms with E-state index in [0.717, 1.165) is 46.0 Å². The molecule has 0 aliphatic carbocycles. The Morgan fingerprint density at radius 2 is 2.04 bits per heavy atom. The number of nitrogens with zero attached hydrogens (tertiary/aromatic N) is 1. The summed E-state index contributed by atoms with van der Waals surface area (Å²) < 4.78 is 5.21. The molecule has 0 saturated carbocycles. The molecule has 0 unspecified atom stereocenters. The molecule has 1 aliphatic rings. The zero-order valence-corrected chi connectivity index (χ0v) is 15.2. The van der Waals surface area contributed by atoms with E-state index in [0.29, 0.717) is 0 Å². The average molecular weight is 344 g/mol. The summed E-state index contributed by atoms with van der Waals surface area (Å²) in [5.74, 6) is 0.962. The van der Waals surface area contributed by atoms with Gasteiger partial charge in [0, 0.05) is 23.5 Å². The number of likely N-dealkylation sites (tertiary alicyclic amines) is 1. The van der Waals surface area contributed by atoms with Gasteiger partial charge in [0.25, 0.3) is 5.91 Å². The number of aryl methyl sites for hydroxylation is 1. The van der Waals surface area contributed by atoms with Crippen molar-refractivity contribution in [2.24, 2.45) is 5.73 Å². The Balaban J connectivity index is 1.84. The largest absolute Gasteiger partial charge is 0.497 e. The number of ether oxygens (including phenoxy) is 1. The molecular formula is C19H24N2O2S. The Labute approximate surface area is 147 Å². The molecule has 128 valence electrons. The van der Waals surface area contributed by atoms with Crippen LogP contribution in [0.25, 0.3) is 11.1 Å². The van der Waals surface area contributed by atoms with E-state index >= 15 is 0 Å². The predicted octanol–water partition coefficient (Wildman–Crippen LogP) is 3.68. The summed E-state index contributed by atoms with van der Waals surface area (Å²) in [6.07, 6.45) is 1.76. The second-order valence-electron chi connectivity index (χ2n) is 6.44.